The van der Waals surface area contributed by atoms with Crippen LogP contribution in [0, 0.1) is 5.92 Å². The molecule has 120 valence electrons. The van der Waals surface area contributed by atoms with Crippen LogP contribution in [0.15, 0.2) is 18.2 Å². The number of carboxylic acids is 1. The van der Waals surface area contributed by atoms with E-state index < -0.39 is 5.97 Å². The van der Waals surface area contributed by atoms with E-state index in [-0.39, 0.29) is 24.7 Å². The second-order valence-electron chi connectivity index (χ2n) is 6.13. The second-order valence-corrected chi connectivity index (χ2v) is 6.13. The van der Waals surface area contributed by atoms with E-state index in [1.807, 2.05) is 19.2 Å². The molecule has 1 atom stereocenters. The molecule has 1 aromatic rings. The average molecular weight is 305 g/mol. The lowest BCUT2D eigenvalue weighted by atomic mass is 10.0. The maximum Gasteiger partial charge on any atom is 0.303 e. The van der Waals surface area contributed by atoms with Gasteiger partial charge in [0.2, 0.25) is 0 Å². The van der Waals surface area contributed by atoms with Gasteiger partial charge in [-0.3, -0.25) is 9.59 Å². The summed E-state index contributed by atoms with van der Waals surface area (Å²) in [6.07, 6.45) is 0.794. The first-order valence-electron chi connectivity index (χ1n) is 7.65. The standard InChI is InChI=1S/C17H23NO4/c1-11(2)16-10-18(3)13-9-12(7-8-15(13)22-16)14(19)5-4-6-17(20)21/h7-9,11,16H,4-6,10H2,1-3H3,(H,20,21). The number of rotatable bonds is 6. The maximum atomic E-state index is 12.1. The minimum Gasteiger partial charge on any atom is -0.486 e. The molecule has 1 aliphatic heterocycles. The molecule has 22 heavy (non-hydrogen) atoms. The normalized spacial score (nSPS) is 17.1. The minimum absolute atomic E-state index is 0.0236. The van der Waals surface area contributed by atoms with Crippen molar-refractivity contribution in [3.8, 4) is 5.75 Å². The van der Waals surface area contributed by atoms with E-state index in [1.54, 1.807) is 6.07 Å². The van der Waals surface area contributed by atoms with Crippen molar-refractivity contribution < 1.29 is 19.4 Å². The summed E-state index contributed by atoms with van der Waals surface area (Å²) in [6.45, 7) is 5.05. The smallest absolute Gasteiger partial charge is 0.303 e. The summed E-state index contributed by atoms with van der Waals surface area (Å²) in [5.74, 6) is 0.331. The van der Waals surface area contributed by atoms with Crippen molar-refractivity contribution in [1.29, 1.82) is 0 Å². The molecule has 1 heterocycles. The van der Waals surface area contributed by atoms with Crippen LogP contribution in [-0.4, -0.2) is 36.6 Å². The molecule has 0 spiro atoms. The number of anilines is 1. The van der Waals surface area contributed by atoms with Crippen molar-refractivity contribution in [3.05, 3.63) is 23.8 Å². The monoisotopic (exact) mass is 305 g/mol. The summed E-state index contributed by atoms with van der Waals surface area (Å²) in [6, 6.07) is 5.44. The molecule has 0 saturated heterocycles. The van der Waals surface area contributed by atoms with Gasteiger partial charge in [-0.05, 0) is 30.5 Å². The van der Waals surface area contributed by atoms with Crippen molar-refractivity contribution in [1.82, 2.24) is 0 Å². The van der Waals surface area contributed by atoms with Crippen LogP contribution in [-0.2, 0) is 4.79 Å². The summed E-state index contributed by atoms with van der Waals surface area (Å²) in [7, 11) is 2.00. The number of likely N-dealkylation sites (N-methyl/N-ethyl adjacent to an activating group) is 1. The van der Waals surface area contributed by atoms with Crippen LogP contribution >= 0.6 is 0 Å². The molecular weight excluding hydrogens is 282 g/mol. The van der Waals surface area contributed by atoms with Crippen LogP contribution in [0.25, 0.3) is 0 Å². The van der Waals surface area contributed by atoms with Gasteiger partial charge >= 0.3 is 5.97 Å². The molecule has 5 heteroatoms. The van der Waals surface area contributed by atoms with Gasteiger partial charge in [-0.1, -0.05) is 13.8 Å². The molecule has 0 radical (unpaired) electrons. The molecule has 0 bridgehead atoms. The number of hydrogen-bond donors (Lipinski definition) is 1. The fraction of sp³-hybridized carbons (Fsp3) is 0.529. The van der Waals surface area contributed by atoms with E-state index >= 15 is 0 Å². The lowest BCUT2D eigenvalue weighted by Gasteiger charge is -2.36. The first-order valence-corrected chi connectivity index (χ1v) is 7.65. The molecule has 2 rings (SSSR count). The van der Waals surface area contributed by atoms with Crippen LogP contribution < -0.4 is 9.64 Å². The molecular formula is C17H23NO4. The van der Waals surface area contributed by atoms with E-state index in [4.69, 9.17) is 9.84 Å². The van der Waals surface area contributed by atoms with Crippen molar-refractivity contribution in [2.75, 3.05) is 18.5 Å². The van der Waals surface area contributed by atoms with Crippen molar-refractivity contribution in [2.24, 2.45) is 5.92 Å². The van der Waals surface area contributed by atoms with Crippen LogP contribution in [0.1, 0.15) is 43.5 Å². The average Bonchev–Trinajstić information content (AvgIpc) is 2.46. The number of carbonyl (C=O) groups excluding carboxylic acids is 1. The van der Waals surface area contributed by atoms with E-state index in [0.717, 1.165) is 18.0 Å². The fourth-order valence-electron chi connectivity index (χ4n) is 2.55. The molecule has 1 unspecified atom stereocenters. The Morgan fingerprint density at radius 1 is 1.36 bits per heavy atom. The highest BCUT2D eigenvalue weighted by Crippen LogP contribution is 2.35. The molecule has 5 nitrogen and oxygen atoms in total. The third kappa shape index (κ3) is 3.78. The molecule has 0 aromatic heterocycles. The Balaban J connectivity index is 2.10. The Morgan fingerprint density at radius 2 is 2.09 bits per heavy atom. The van der Waals surface area contributed by atoms with E-state index in [2.05, 4.69) is 18.7 Å². The zero-order valence-electron chi connectivity index (χ0n) is 13.3. The van der Waals surface area contributed by atoms with Gasteiger partial charge in [0.25, 0.3) is 0 Å². The first kappa shape index (κ1) is 16.3. The molecule has 0 fully saturated rings. The Hall–Kier alpha value is -2.04. The molecule has 1 aliphatic rings. The first-order chi connectivity index (χ1) is 10.4. The number of carbonyl (C=O) groups is 2. The SMILES string of the molecule is CC(C)C1CN(C)c2cc(C(=O)CCCC(=O)O)ccc2O1. The second kappa shape index (κ2) is 6.81. The predicted octanol–water partition coefficient (Wildman–Crippen LogP) is 2.98. The van der Waals surface area contributed by atoms with E-state index in [9.17, 15) is 9.59 Å². The Labute approximate surface area is 130 Å². The lowest BCUT2D eigenvalue weighted by Crippen LogP contribution is -2.40. The van der Waals surface area contributed by atoms with Gasteiger partial charge in [-0.2, -0.15) is 0 Å². The number of benzene rings is 1. The highest BCUT2D eigenvalue weighted by atomic mass is 16.5. The summed E-state index contributed by atoms with van der Waals surface area (Å²) in [5.41, 5.74) is 1.53. The fourth-order valence-corrected chi connectivity index (χ4v) is 2.55. The topological polar surface area (TPSA) is 66.8 Å². The van der Waals surface area contributed by atoms with Crippen LogP contribution in [0.4, 0.5) is 5.69 Å². The van der Waals surface area contributed by atoms with Gasteiger partial charge in [0.05, 0.1) is 12.2 Å². The largest absolute Gasteiger partial charge is 0.486 e. The molecule has 1 N–H and O–H groups in total. The number of hydrogen-bond acceptors (Lipinski definition) is 4. The Kier molecular flexibility index (Phi) is 5.06. The van der Waals surface area contributed by atoms with Crippen molar-refractivity contribution >= 4 is 17.4 Å². The third-order valence-corrected chi connectivity index (χ3v) is 3.96. The van der Waals surface area contributed by atoms with Crippen molar-refractivity contribution in [2.45, 2.75) is 39.2 Å². The number of fused-ring (bicyclic) bond motifs is 1. The molecule has 1 aromatic carbocycles. The molecule has 0 saturated carbocycles. The highest BCUT2D eigenvalue weighted by molar-refractivity contribution is 5.97. The highest BCUT2D eigenvalue weighted by Gasteiger charge is 2.26. The van der Waals surface area contributed by atoms with Gasteiger partial charge in [-0.15, -0.1) is 0 Å². The summed E-state index contributed by atoms with van der Waals surface area (Å²) in [4.78, 5) is 24.8. The van der Waals surface area contributed by atoms with Gasteiger partial charge in [0.1, 0.15) is 11.9 Å². The maximum absolute atomic E-state index is 12.1. The number of carboxylic acid groups (broad SMARTS) is 1. The van der Waals surface area contributed by atoms with E-state index in [1.165, 1.54) is 0 Å². The number of nitrogens with zero attached hydrogens (tertiary/aromatic N) is 1. The third-order valence-electron chi connectivity index (χ3n) is 3.96. The zero-order chi connectivity index (χ0) is 16.3. The molecule has 0 aliphatic carbocycles. The van der Waals surface area contributed by atoms with Gasteiger partial charge in [0.15, 0.2) is 5.78 Å². The Morgan fingerprint density at radius 3 is 2.73 bits per heavy atom. The molecule has 0 amide bonds. The van der Waals surface area contributed by atoms with E-state index in [0.29, 0.717) is 17.9 Å². The summed E-state index contributed by atoms with van der Waals surface area (Å²) < 4.78 is 5.98. The number of Topliss-reactive ketones (excluding diaryl/α,β-unsaturated/α-hetero) is 1. The quantitative estimate of drug-likeness (QED) is 0.818. The van der Waals surface area contributed by atoms with Crippen molar-refractivity contribution in [3.63, 3.8) is 0 Å². The number of ether oxygens (including phenoxy) is 1. The lowest BCUT2D eigenvalue weighted by molar-refractivity contribution is -0.137. The van der Waals surface area contributed by atoms with Gasteiger partial charge in [0, 0.05) is 25.5 Å². The number of ketones is 1. The summed E-state index contributed by atoms with van der Waals surface area (Å²) in [5, 5.41) is 8.62. The minimum atomic E-state index is -0.869. The zero-order valence-corrected chi connectivity index (χ0v) is 13.3. The van der Waals surface area contributed by atoms with Crippen LogP contribution in [0.2, 0.25) is 0 Å². The summed E-state index contributed by atoms with van der Waals surface area (Å²) >= 11 is 0. The van der Waals surface area contributed by atoms with Gasteiger partial charge < -0.3 is 14.7 Å². The van der Waals surface area contributed by atoms with Gasteiger partial charge in [-0.25, -0.2) is 0 Å². The van der Waals surface area contributed by atoms with Crippen LogP contribution in [0.3, 0.4) is 0 Å². The van der Waals surface area contributed by atoms with Crippen LogP contribution in [0.5, 0.6) is 5.75 Å². The Bertz CT molecular complexity index is 568. The number of aliphatic carboxylic acids is 1. The predicted molar refractivity (Wildman–Crippen MR) is 84.8 cm³/mol.